The van der Waals surface area contributed by atoms with Gasteiger partial charge in [-0.1, -0.05) is 13.8 Å². The standard InChI is InChI=1S/C16H15I3O2/c1-9(2)5-10-6-13(18)16(14(19)7-10)21-11-3-4-15(20)12(17)8-11/h3-4,6-9,20H,5H2,1-2H3. The summed E-state index contributed by atoms with van der Waals surface area (Å²) in [6.07, 6.45) is 1.07. The Balaban J connectivity index is 2.29. The largest absolute Gasteiger partial charge is 0.507 e. The molecular weight excluding hydrogens is 605 g/mol. The van der Waals surface area contributed by atoms with Crippen molar-refractivity contribution < 1.29 is 9.84 Å². The van der Waals surface area contributed by atoms with Crippen LogP contribution in [0.15, 0.2) is 30.3 Å². The van der Waals surface area contributed by atoms with Gasteiger partial charge in [-0.15, -0.1) is 0 Å². The van der Waals surface area contributed by atoms with E-state index in [1.165, 1.54) is 5.56 Å². The Hall–Kier alpha value is 0.230. The topological polar surface area (TPSA) is 29.5 Å². The molecule has 0 saturated heterocycles. The number of rotatable bonds is 4. The van der Waals surface area contributed by atoms with Crippen LogP contribution in [-0.4, -0.2) is 5.11 Å². The SMILES string of the molecule is CC(C)Cc1cc(I)c(Oc2ccc(O)c(I)c2)c(I)c1. The zero-order valence-electron chi connectivity index (χ0n) is 11.7. The number of ether oxygens (including phenoxy) is 1. The van der Waals surface area contributed by atoms with E-state index in [0.29, 0.717) is 5.92 Å². The second-order valence-electron chi connectivity index (χ2n) is 5.20. The molecule has 2 rings (SSSR count). The van der Waals surface area contributed by atoms with Crippen LogP contribution in [0, 0.1) is 16.6 Å². The van der Waals surface area contributed by atoms with E-state index in [0.717, 1.165) is 28.6 Å². The summed E-state index contributed by atoms with van der Waals surface area (Å²) in [4.78, 5) is 0. The average molecular weight is 620 g/mol. The summed E-state index contributed by atoms with van der Waals surface area (Å²) < 4.78 is 9.01. The molecule has 0 aliphatic carbocycles. The number of halogens is 3. The van der Waals surface area contributed by atoms with Crippen molar-refractivity contribution in [3.05, 3.63) is 46.6 Å². The fourth-order valence-electron chi connectivity index (χ4n) is 1.97. The first kappa shape index (κ1) is 17.6. The van der Waals surface area contributed by atoms with Crippen LogP contribution < -0.4 is 4.74 Å². The van der Waals surface area contributed by atoms with Gasteiger partial charge in [0.1, 0.15) is 11.5 Å². The van der Waals surface area contributed by atoms with E-state index in [1.54, 1.807) is 12.1 Å². The van der Waals surface area contributed by atoms with E-state index < -0.39 is 0 Å². The van der Waals surface area contributed by atoms with Crippen molar-refractivity contribution in [3.63, 3.8) is 0 Å². The molecule has 1 N–H and O–H groups in total. The third-order valence-corrected chi connectivity index (χ3v) is 5.31. The molecule has 0 saturated carbocycles. The molecule has 5 heteroatoms. The van der Waals surface area contributed by atoms with E-state index in [1.807, 2.05) is 6.07 Å². The second kappa shape index (κ2) is 7.67. The average Bonchev–Trinajstić information content (AvgIpc) is 2.37. The molecule has 2 nitrogen and oxygen atoms in total. The summed E-state index contributed by atoms with van der Waals surface area (Å²) in [6.45, 7) is 4.45. The molecule has 0 aliphatic heterocycles. The normalized spacial score (nSPS) is 11.0. The maximum Gasteiger partial charge on any atom is 0.154 e. The summed E-state index contributed by atoms with van der Waals surface area (Å²) in [5.41, 5.74) is 1.34. The van der Waals surface area contributed by atoms with E-state index in [4.69, 9.17) is 4.74 Å². The van der Waals surface area contributed by atoms with Gasteiger partial charge in [0.25, 0.3) is 0 Å². The quantitative estimate of drug-likeness (QED) is 0.414. The third-order valence-electron chi connectivity index (χ3n) is 2.84. The molecule has 21 heavy (non-hydrogen) atoms. The van der Waals surface area contributed by atoms with Crippen LogP contribution in [-0.2, 0) is 6.42 Å². The minimum absolute atomic E-state index is 0.277. The zero-order valence-corrected chi connectivity index (χ0v) is 18.1. The van der Waals surface area contributed by atoms with Crippen LogP contribution in [0.4, 0.5) is 0 Å². The van der Waals surface area contributed by atoms with Gasteiger partial charge < -0.3 is 9.84 Å². The highest BCUT2D eigenvalue weighted by Gasteiger charge is 2.12. The van der Waals surface area contributed by atoms with Crippen molar-refractivity contribution in [1.82, 2.24) is 0 Å². The monoisotopic (exact) mass is 620 g/mol. The lowest BCUT2D eigenvalue weighted by Crippen LogP contribution is -1.98. The van der Waals surface area contributed by atoms with E-state index in [9.17, 15) is 5.11 Å². The fourth-order valence-corrected chi connectivity index (χ4v) is 4.57. The predicted octanol–water partition coefficient (Wildman–Crippen LogP) is 6.20. The van der Waals surface area contributed by atoms with E-state index in [-0.39, 0.29) is 5.75 Å². The molecule has 0 atom stereocenters. The van der Waals surface area contributed by atoms with Gasteiger partial charge in [-0.25, -0.2) is 0 Å². The molecule has 0 fully saturated rings. The Bertz CT molecular complexity index is 631. The highest BCUT2D eigenvalue weighted by atomic mass is 127. The molecule has 2 aromatic rings. The van der Waals surface area contributed by atoms with E-state index in [2.05, 4.69) is 93.8 Å². The first-order chi connectivity index (χ1) is 9.86. The number of benzene rings is 2. The van der Waals surface area contributed by atoms with Gasteiger partial charge in [-0.2, -0.15) is 0 Å². The maximum absolute atomic E-state index is 9.57. The minimum atomic E-state index is 0.277. The summed E-state index contributed by atoms with van der Waals surface area (Å²) in [7, 11) is 0. The van der Waals surface area contributed by atoms with Crippen molar-refractivity contribution in [2.24, 2.45) is 5.92 Å². The van der Waals surface area contributed by atoms with Crippen molar-refractivity contribution in [2.75, 3.05) is 0 Å². The lowest BCUT2D eigenvalue weighted by Gasteiger charge is -2.13. The molecule has 0 unspecified atom stereocenters. The Morgan fingerprint density at radius 2 is 1.62 bits per heavy atom. The smallest absolute Gasteiger partial charge is 0.154 e. The third kappa shape index (κ3) is 4.85. The summed E-state index contributed by atoms with van der Waals surface area (Å²) in [5, 5.41) is 9.57. The molecule has 0 amide bonds. The molecule has 2 aromatic carbocycles. The van der Waals surface area contributed by atoms with Crippen LogP contribution in [0.25, 0.3) is 0 Å². The fraction of sp³-hybridized carbons (Fsp3) is 0.250. The van der Waals surface area contributed by atoms with Crippen molar-refractivity contribution in [3.8, 4) is 17.2 Å². The van der Waals surface area contributed by atoms with E-state index >= 15 is 0 Å². The molecule has 0 heterocycles. The number of hydrogen-bond donors (Lipinski definition) is 1. The lowest BCUT2D eigenvalue weighted by molar-refractivity contribution is 0.458. The van der Waals surface area contributed by atoms with Crippen LogP contribution in [0.1, 0.15) is 19.4 Å². The Morgan fingerprint density at radius 3 is 2.14 bits per heavy atom. The highest BCUT2D eigenvalue weighted by Crippen LogP contribution is 2.35. The van der Waals surface area contributed by atoms with Crippen molar-refractivity contribution >= 4 is 67.8 Å². The van der Waals surface area contributed by atoms with Crippen LogP contribution in [0.3, 0.4) is 0 Å². The van der Waals surface area contributed by atoms with Crippen LogP contribution >= 0.6 is 67.8 Å². The first-order valence-electron chi connectivity index (χ1n) is 6.51. The number of phenolic OH excluding ortho intramolecular Hbond substituents is 1. The lowest BCUT2D eigenvalue weighted by atomic mass is 10.0. The molecule has 0 aromatic heterocycles. The van der Waals surface area contributed by atoms with Crippen LogP contribution in [0.2, 0.25) is 0 Å². The second-order valence-corrected chi connectivity index (χ2v) is 8.69. The Labute approximate surface area is 166 Å². The highest BCUT2D eigenvalue weighted by molar-refractivity contribution is 14.1. The molecule has 0 aliphatic rings. The van der Waals surface area contributed by atoms with Gasteiger partial charge in [0.15, 0.2) is 5.75 Å². The van der Waals surface area contributed by atoms with Gasteiger partial charge in [0.2, 0.25) is 0 Å². The number of hydrogen-bond acceptors (Lipinski definition) is 2. The van der Waals surface area contributed by atoms with Gasteiger partial charge >= 0.3 is 0 Å². The number of aromatic hydroxyl groups is 1. The van der Waals surface area contributed by atoms with Crippen molar-refractivity contribution in [2.45, 2.75) is 20.3 Å². The molecule has 0 radical (unpaired) electrons. The minimum Gasteiger partial charge on any atom is -0.507 e. The summed E-state index contributed by atoms with van der Waals surface area (Å²) in [5.74, 6) is 2.54. The molecule has 0 bridgehead atoms. The predicted molar refractivity (Wildman–Crippen MR) is 111 cm³/mol. The van der Waals surface area contributed by atoms with Gasteiger partial charge in [0.05, 0.1) is 10.7 Å². The number of phenols is 1. The zero-order chi connectivity index (χ0) is 15.6. The Kier molecular flexibility index (Phi) is 6.42. The van der Waals surface area contributed by atoms with Crippen molar-refractivity contribution in [1.29, 1.82) is 0 Å². The molecular formula is C16H15I3O2. The molecule has 0 spiro atoms. The Morgan fingerprint density at radius 1 is 1.00 bits per heavy atom. The van der Waals surface area contributed by atoms with Gasteiger partial charge in [-0.05, 0) is 116 Å². The van der Waals surface area contributed by atoms with Gasteiger partial charge in [0, 0.05) is 0 Å². The summed E-state index contributed by atoms with van der Waals surface area (Å²) >= 11 is 6.73. The van der Waals surface area contributed by atoms with Gasteiger partial charge in [-0.3, -0.25) is 0 Å². The first-order valence-corrected chi connectivity index (χ1v) is 9.74. The summed E-state index contributed by atoms with van der Waals surface area (Å²) in [6, 6.07) is 9.65. The molecule has 112 valence electrons. The van der Waals surface area contributed by atoms with Crippen LogP contribution in [0.5, 0.6) is 17.2 Å². The maximum atomic E-state index is 9.57.